The fraction of sp³-hybridized carbons (Fsp3) is 0.154. The van der Waals surface area contributed by atoms with E-state index in [1.807, 2.05) is 0 Å². The van der Waals surface area contributed by atoms with Crippen LogP contribution < -0.4 is 11.1 Å². The van der Waals surface area contributed by atoms with Gasteiger partial charge in [-0.3, -0.25) is 4.79 Å². The average Bonchev–Trinajstić information content (AvgIpc) is 2.82. The Kier molecular flexibility index (Phi) is 4.77. The van der Waals surface area contributed by atoms with Crippen molar-refractivity contribution < 1.29 is 14.3 Å². The second-order valence-corrected chi connectivity index (χ2v) is 5.43. The normalized spacial score (nSPS) is 10.2. The fourth-order valence-corrected chi connectivity index (χ4v) is 2.44. The number of carbonyl (C=O) groups excluding carboxylic acids is 2. The summed E-state index contributed by atoms with van der Waals surface area (Å²) in [4.78, 5) is 26.9. The first-order valence-electron chi connectivity index (χ1n) is 5.90. The van der Waals surface area contributed by atoms with Gasteiger partial charge in [0.15, 0.2) is 5.13 Å². The summed E-state index contributed by atoms with van der Waals surface area (Å²) in [6, 6.07) is 4.55. The Labute approximate surface area is 129 Å². The molecule has 2 aromatic rings. The highest BCUT2D eigenvalue weighted by atomic mass is 35.5. The summed E-state index contributed by atoms with van der Waals surface area (Å²) in [7, 11) is 0. The van der Waals surface area contributed by atoms with Gasteiger partial charge in [-0.15, -0.1) is 11.3 Å². The van der Waals surface area contributed by atoms with Crippen LogP contribution in [0.2, 0.25) is 5.02 Å². The highest BCUT2D eigenvalue weighted by Gasteiger charge is 2.13. The summed E-state index contributed by atoms with van der Waals surface area (Å²) >= 11 is 7.02. The number of hydrogen-bond donors (Lipinski definition) is 2. The van der Waals surface area contributed by atoms with E-state index in [0.29, 0.717) is 15.8 Å². The van der Waals surface area contributed by atoms with E-state index in [1.54, 1.807) is 11.4 Å². The van der Waals surface area contributed by atoms with Gasteiger partial charge in [0, 0.05) is 23.0 Å². The Bertz CT molecular complexity index is 687. The number of hydrogen-bond acceptors (Lipinski definition) is 6. The second-order valence-electron chi connectivity index (χ2n) is 4.13. The van der Waals surface area contributed by atoms with E-state index in [4.69, 9.17) is 22.1 Å². The van der Waals surface area contributed by atoms with Crippen molar-refractivity contribution in [3.8, 4) is 0 Å². The summed E-state index contributed by atoms with van der Waals surface area (Å²) < 4.78 is 5.12. The number of halogens is 1. The summed E-state index contributed by atoms with van der Waals surface area (Å²) in [5.74, 6) is -0.764. The summed E-state index contributed by atoms with van der Waals surface area (Å²) in [5, 5.41) is 5.16. The SMILES string of the molecule is CC(=O)Nc1nc(COC(=O)c2ccc(Cl)cc2N)cs1. The molecule has 0 aliphatic heterocycles. The molecule has 0 unspecified atom stereocenters. The van der Waals surface area contributed by atoms with E-state index >= 15 is 0 Å². The molecule has 0 saturated heterocycles. The molecule has 8 heteroatoms. The number of carbonyl (C=O) groups is 2. The van der Waals surface area contributed by atoms with Crippen molar-refractivity contribution in [1.29, 1.82) is 0 Å². The maximum atomic E-state index is 11.9. The van der Waals surface area contributed by atoms with Crippen LogP contribution in [-0.2, 0) is 16.1 Å². The smallest absolute Gasteiger partial charge is 0.340 e. The van der Waals surface area contributed by atoms with E-state index in [-0.39, 0.29) is 23.8 Å². The maximum absolute atomic E-state index is 11.9. The van der Waals surface area contributed by atoms with Crippen molar-refractivity contribution in [2.24, 2.45) is 0 Å². The topological polar surface area (TPSA) is 94.3 Å². The molecule has 0 atom stereocenters. The lowest BCUT2D eigenvalue weighted by Crippen LogP contribution is -2.09. The lowest BCUT2D eigenvalue weighted by molar-refractivity contribution is -0.114. The maximum Gasteiger partial charge on any atom is 0.340 e. The highest BCUT2D eigenvalue weighted by Crippen LogP contribution is 2.20. The summed E-state index contributed by atoms with van der Waals surface area (Å²) in [6.07, 6.45) is 0. The molecule has 0 spiro atoms. The lowest BCUT2D eigenvalue weighted by atomic mass is 10.2. The van der Waals surface area contributed by atoms with Crippen LogP contribution in [0, 0.1) is 0 Å². The highest BCUT2D eigenvalue weighted by molar-refractivity contribution is 7.13. The van der Waals surface area contributed by atoms with E-state index in [9.17, 15) is 9.59 Å². The minimum Gasteiger partial charge on any atom is -0.455 e. The van der Waals surface area contributed by atoms with Crippen LogP contribution in [0.3, 0.4) is 0 Å². The molecule has 21 heavy (non-hydrogen) atoms. The van der Waals surface area contributed by atoms with Gasteiger partial charge in [0.1, 0.15) is 6.61 Å². The van der Waals surface area contributed by atoms with Crippen molar-refractivity contribution in [1.82, 2.24) is 4.98 Å². The first-order valence-corrected chi connectivity index (χ1v) is 7.15. The molecule has 0 bridgehead atoms. The quantitative estimate of drug-likeness (QED) is 0.665. The molecule has 110 valence electrons. The predicted octanol–water partition coefficient (Wildman–Crippen LogP) is 2.69. The van der Waals surface area contributed by atoms with Crippen LogP contribution >= 0.6 is 22.9 Å². The number of nitrogens with one attached hydrogen (secondary N) is 1. The van der Waals surface area contributed by atoms with Crippen molar-refractivity contribution in [3.63, 3.8) is 0 Å². The van der Waals surface area contributed by atoms with E-state index < -0.39 is 5.97 Å². The zero-order valence-electron chi connectivity index (χ0n) is 11.1. The molecule has 2 rings (SSSR count). The van der Waals surface area contributed by atoms with Crippen LogP contribution in [0.15, 0.2) is 23.6 Å². The average molecular weight is 326 g/mol. The lowest BCUT2D eigenvalue weighted by Gasteiger charge is -2.06. The fourth-order valence-electron chi connectivity index (χ4n) is 1.52. The van der Waals surface area contributed by atoms with Crippen LogP contribution in [-0.4, -0.2) is 16.9 Å². The van der Waals surface area contributed by atoms with Crippen molar-refractivity contribution in [2.45, 2.75) is 13.5 Å². The van der Waals surface area contributed by atoms with Gasteiger partial charge < -0.3 is 15.8 Å². The number of nitrogen functional groups attached to an aromatic ring is 1. The van der Waals surface area contributed by atoms with Gasteiger partial charge in [0.2, 0.25) is 5.91 Å². The number of aromatic nitrogens is 1. The van der Waals surface area contributed by atoms with Gasteiger partial charge in [-0.1, -0.05) is 11.6 Å². The number of benzene rings is 1. The monoisotopic (exact) mass is 325 g/mol. The zero-order chi connectivity index (χ0) is 15.4. The van der Waals surface area contributed by atoms with Crippen molar-refractivity contribution in [3.05, 3.63) is 39.9 Å². The third kappa shape index (κ3) is 4.17. The van der Waals surface area contributed by atoms with Crippen LogP contribution in [0.4, 0.5) is 10.8 Å². The van der Waals surface area contributed by atoms with Gasteiger partial charge >= 0.3 is 5.97 Å². The minimum absolute atomic E-state index is 0.00299. The number of ether oxygens (including phenoxy) is 1. The zero-order valence-corrected chi connectivity index (χ0v) is 12.6. The summed E-state index contributed by atoms with van der Waals surface area (Å²) in [5.41, 5.74) is 6.75. The molecule has 1 aromatic heterocycles. The number of rotatable bonds is 4. The third-order valence-electron chi connectivity index (χ3n) is 2.42. The Balaban J connectivity index is 1.97. The van der Waals surface area contributed by atoms with Gasteiger partial charge in [-0.05, 0) is 18.2 Å². The Morgan fingerprint density at radius 2 is 2.24 bits per heavy atom. The first kappa shape index (κ1) is 15.3. The van der Waals surface area contributed by atoms with Gasteiger partial charge in [0.05, 0.1) is 11.3 Å². The van der Waals surface area contributed by atoms with E-state index in [1.165, 1.54) is 30.4 Å². The number of nitrogens with two attached hydrogens (primary N) is 1. The van der Waals surface area contributed by atoms with Crippen LogP contribution in [0.5, 0.6) is 0 Å². The number of esters is 1. The standard InChI is InChI=1S/C13H12ClN3O3S/c1-7(18)16-13-17-9(6-21-13)5-20-12(19)10-3-2-8(14)4-11(10)15/h2-4,6H,5,15H2,1H3,(H,16,17,18). The molecule has 0 saturated carbocycles. The number of anilines is 2. The van der Waals surface area contributed by atoms with Gasteiger partial charge in [-0.2, -0.15) is 0 Å². The second kappa shape index (κ2) is 6.55. The molecule has 0 aliphatic carbocycles. The van der Waals surface area contributed by atoms with Crippen LogP contribution in [0.25, 0.3) is 0 Å². The van der Waals surface area contributed by atoms with Crippen molar-refractivity contribution in [2.75, 3.05) is 11.1 Å². The molecular formula is C13H12ClN3O3S. The molecule has 6 nitrogen and oxygen atoms in total. The number of nitrogens with zero attached hydrogens (tertiary/aromatic N) is 1. The predicted molar refractivity (Wildman–Crippen MR) is 81.4 cm³/mol. The Morgan fingerprint density at radius 3 is 2.90 bits per heavy atom. The van der Waals surface area contributed by atoms with E-state index in [0.717, 1.165) is 0 Å². The molecule has 1 aromatic carbocycles. The molecule has 3 N–H and O–H groups in total. The van der Waals surface area contributed by atoms with Crippen molar-refractivity contribution >= 4 is 45.6 Å². The molecule has 1 heterocycles. The first-order chi connectivity index (χ1) is 9.95. The van der Waals surface area contributed by atoms with Gasteiger partial charge in [0.25, 0.3) is 0 Å². The molecule has 0 aliphatic rings. The minimum atomic E-state index is -0.557. The third-order valence-corrected chi connectivity index (χ3v) is 3.46. The molecular weight excluding hydrogens is 314 g/mol. The number of amides is 1. The van der Waals surface area contributed by atoms with Crippen LogP contribution in [0.1, 0.15) is 23.0 Å². The largest absolute Gasteiger partial charge is 0.455 e. The molecule has 0 fully saturated rings. The van der Waals surface area contributed by atoms with Gasteiger partial charge in [-0.25, -0.2) is 9.78 Å². The van der Waals surface area contributed by atoms with E-state index in [2.05, 4.69) is 10.3 Å². The molecule has 0 radical (unpaired) electrons. The Morgan fingerprint density at radius 1 is 1.48 bits per heavy atom. The summed E-state index contributed by atoms with van der Waals surface area (Å²) in [6.45, 7) is 1.39. The molecule has 1 amide bonds. The Hall–Kier alpha value is -2.12. The number of thiazole rings is 1.